The highest BCUT2D eigenvalue weighted by Crippen LogP contribution is 2.32. The molecule has 0 spiro atoms. The predicted molar refractivity (Wildman–Crippen MR) is 71.2 cm³/mol. The van der Waals surface area contributed by atoms with E-state index in [4.69, 9.17) is 4.74 Å². The number of hydrogen-bond acceptors (Lipinski definition) is 2. The minimum absolute atomic E-state index is 0.357. The smallest absolute Gasteiger partial charge is 0.164 e. The van der Waals surface area contributed by atoms with Crippen LogP contribution in [0.2, 0.25) is 0 Å². The first-order chi connectivity index (χ1) is 8.25. The molecule has 1 rings (SSSR count). The molecule has 2 heteroatoms. The number of Topliss-reactive ketones (excluding diaryl/α,β-unsaturated/α-hetero) is 1. The van der Waals surface area contributed by atoms with Crippen LogP contribution < -0.4 is 0 Å². The number of carbonyl (C=O) groups is 1. The molecule has 0 N–H and O–H groups in total. The maximum atomic E-state index is 12.4. The van der Waals surface area contributed by atoms with Gasteiger partial charge in [0.25, 0.3) is 0 Å². The molecule has 1 aliphatic carbocycles. The standard InChI is InChI=1S/C15H28O2/c1-3-10-14(16)15(17-13-4-2)11-8-6-5-7-9-12-15/h3-13H2,1-2H3. The second-order valence-corrected chi connectivity index (χ2v) is 5.28. The number of ketones is 1. The molecule has 17 heavy (non-hydrogen) atoms. The average Bonchev–Trinajstić information content (AvgIpc) is 2.28. The van der Waals surface area contributed by atoms with Gasteiger partial charge in [0.05, 0.1) is 0 Å². The van der Waals surface area contributed by atoms with Crippen LogP contribution in [0.15, 0.2) is 0 Å². The van der Waals surface area contributed by atoms with Gasteiger partial charge in [0.15, 0.2) is 5.78 Å². The number of ether oxygens (including phenoxy) is 1. The van der Waals surface area contributed by atoms with E-state index in [2.05, 4.69) is 13.8 Å². The van der Waals surface area contributed by atoms with Crippen LogP contribution in [0.3, 0.4) is 0 Å². The summed E-state index contributed by atoms with van der Waals surface area (Å²) in [5.41, 5.74) is -0.424. The second-order valence-electron chi connectivity index (χ2n) is 5.28. The minimum atomic E-state index is -0.424. The predicted octanol–water partition coefficient (Wildman–Crippen LogP) is 4.27. The maximum absolute atomic E-state index is 12.4. The van der Waals surface area contributed by atoms with E-state index in [0.29, 0.717) is 12.2 Å². The minimum Gasteiger partial charge on any atom is -0.367 e. The molecular formula is C15H28O2. The number of rotatable bonds is 6. The largest absolute Gasteiger partial charge is 0.367 e. The van der Waals surface area contributed by atoms with Gasteiger partial charge in [-0.3, -0.25) is 4.79 Å². The van der Waals surface area contributed by atoms with Crippen molar-refractivity contribution < 1.29 is 9.53 Å². The number of carbonyl (C=O) groups excluding carboxylic acids is 1. The van der Waals surface area contributed by atoms with Crippen molar-refractivity contribution >= 4 is 5.78 Å². The van der Waals surface area contributed by atoms with Crippen molar-refractivity contribution in [3.8, 4) is 0 Å². The summed E-state index contributed by atoms with van der Waals surface area (Å²) in [6.07, 6.45) is 10.7. The highest BCUT2D eigenvalue weighted by Gasteiger charge is 2.37. The van der Waals surface area contributed by atoms with Crippen LogP contribution in [0.25, 0.3) is 0 Å². The zero-order chi connectivity index (χ0) is 12.6. The Morgan fingerprint density at radius 3 is 2.12 bits per heavy atom. The van der Waals surface area contributed by atoms with Crippen LogP contribution in [0, 0.1) is 0 Å². The van der Waals surface area contributed by atoms with Gasteiger partial charge in [-0.15, -0.1) is 0 Å². The monoisotopic (exact) mass is 240 g/mol. The molecule has 0 aromatic rings. The molecule has 100 valence electrons. The molecule has 0 saturated heterocycles. The van der Waals surface area contributed by atoms with E-state index in [1.165, 1.54) is 19.3 Å². The third kappa shape index (κ3) is 4.42. The highest BCUT2D eigenvalue weighted by molar-refractivity contribution is 5.87. The maximum Gasteiger partial charge on any atom is 0.164 e. The molecule has 1 saturated carbocycles. The Hall–Kier alpha value is -0.370. The van der Waals surface area contributed by atoms with Gasteiger partial charge in [0.1, 0.15) is 5.60 Å². The second kappa shape index (κ2) is 7.86. The van der Waals surface area contributed by atoms with Crippen LogP contribution >= 0.6 is 0 Å². The third-order valence-electron chi connectivity index (χ3n) is 3.73. The molecule has 2 nitrogen and oxygen atoms in total. The summed E-state index contributed by atoms with van der Waals surface area (Å²) in [7, 11) is 0. The van der Waals surface area contributed by atoms with Gasteiger partial charge >= 0.3 is 0 Å². The molecule has 0 radical (unpaired) electrons. The first-order valence-corrected chi connectivity index (χ1v) is 7.42. The Morgan fingerprint density at radius 1 is 1.00 bits per heavy atom. The third-order valence-corrected chi connectivity index (χ3v) is 3.73. The Kier molecular flexibility index (Phi) is 6.79. The fourth-order valence-electron chi connectivity index (χ4n) is 2.73. The molecular weight excluding hydrogens is 212 g/mol. The van der Waals surface area contributed by atoms with Gasteiger partial charge in [-0.05, 0) is 25.7 Å². The SMILES string of the molecule is CCCOC1(C(=O)CCC)CCCCCCC1. The van der Waals surface area contributed by atoms with Gasteiger partial charge < -0.3 is 4.74 Å². The summed E-state index contributed by atoms with van der Waals surface area (Å²) in [6, 6.07) is 0. The topological polar surface area (TPSA) is 26.3 Å². The van der Waals surface area contributed by atoms with E-state index in [1.54, 1.807) is 0 Å². The van der Waals surface area contributed by atoms with Crippen molar-refractivity contribution in [3.63, 3.8) is 0 Å². The lowest BCUT2D eigenvalue weighted by Gasteiger charge is -2.34. The van der Waals surface area contributed by atoms with Crippen molar-refractivity contribution in [1.29, 1.82) is 0 Å². The van der Waals surface area contributed by atoms with Crippen LogP contribution in [0.1, 0.15) is 78.1 Å². The van der Waals surface area contributed by atoms with Gasteiger partial charge in [-0.1, -0.05) is 46.0 Å². The van der Waals surface area contributed by atoms with Crippen LogP contribution in [0.4, 0.5) is 0 Å². The van der Waals surface area contributed by atoms with E-state index >= 15 is 0 Å². The van der Waals surface area contributed by atoms with Gasteiger partial charge in [0, 0.05) is 13.0 Å². The van der Waals surface area contributed by atoms with E-state index < -0.39 is 5.60 Å². The molecule has 0 atom stereocenters. The number of hydrogen-bond donors (Lipinski definition) is 0. The Balaban J connectivity index is 2.69. The van der Waals surface area contributed by atoms with Crippen molar-refractivity contribution in [2.75, 3.05) is 6.61 Å². The molecule has 0 heterocycles. The van der Waals surface area contributed by atoms with Gasteiger partial charge in [0.2, 0.25) is 0 Å². The van der Waals surface area contributed by atoms with Crippen LogP contribution in [0.5, 0.6) is 0 Å². The molecule has 1 aliphatic rings. The van der Waals surface area contributed by atoms with Crippen molar-refractivity contribution in [3.05, 3.63) is 0 Å². The van der Waals surface area contributed by atoms with E-state index in [0.717, 1.165) is 45.1 Å². The summed E-state index contributed by atoms with van der Waals surface area (Å²) >= 11 is 0. The normalized spacial score (nSPS) is 20.6. The van der Waals surface area contributed by atoms with Crippen LogP contribution in [-0.4, -0.2) is 18.0 Å². The zero-order valence-corrected chi connectivity index (χ0v) is 11.6. The van der Waals surface area contributed by atoms with Crippen molar-refractivity contribution in [2.45, 2.75) is 83.7 Å². The van der Waals surface area contributed by atoms with E-state index in [9.17, 15) is 4.79 Å². The summed E-state index contributed by atoms with van der Waals surface area (Å²) in [4.78, 5) is 12.4. The summed E-state index contributed by atoms with van der Waals surface area (Å²) in [5, 5.41) is 0. The summed E-state index contributed by atoms with van der Waals surface area (Å²) in [6.45, 7) is 4.92. The van der Waals surface area contributed by atoms with Gasteiger partial charge in [-0.2, -0.15) is 0 Å². The average molecular weight is 240 g/mol. The first kappa shape index (κ1) is 14.7. The summed E-state index contributed by atoms with van der Waals surface area (Å²) in [5.74, 6) is 0.357. The lowest BCUT2D eigenvalue weighted by molar-refractivity contribution is -0.148. The van der Waals surface area contributed by atoms with Crippen LogP contribution in [-0.2, 0) is 9.53 Å². The molecule has 0 amide bonds. The van der Waals surface area contributed by atoms with E-state index in [1.807, 2.05) is 0 Å². The lowest BCUT2D eigenvalue weighted by atomic mass is 9.82. The Morgan fingerprint density at radius 2 is 1.59 bits per heavy atom. The van der Waals surface area contributed by atoms with Crippen molar-refractivity contribution in [2.24, 2.45) is 0 Å². The van der Waals surface area contributed by atoms with E-state index in [-0.39, 0.29) is 0 Å². The molecule has 0 bridgehead atoms. The first-order valence-electron chi connectivity index (χ1n) is 7.42. The van der Waals surface area contributed by atoms with Gasteiger partial charge in [-0.25, -0.2) is 0 Å². The molecule has 0 aromatic carbocycles. The summed E-state index contributed by atoms with van der Waals surface area (Å²) < 4.78 is 6.02. The Labute approximate surface area is 106 Å². The lowest BCUT2D eigenvalue weighted by Crippen LogP contribution is -2.42. The highest BCUT2D eigenvalue weighted by atomic mass is 16.5. The Bertz CT molecular complexity index is 209. The molecule has 1 fully saturated rings. The zero-order valence-electron chi connectivity index (χ0n) is 11.6. The molecule has 0 aromatic heterocycles. The fraction of sp³-hybridized carbons (Fsp3) is 0.933. The quantitative estimate of drug-likeness (QED) is 0.693. The molecule has 0 unspecified atom stereocenters. The van der Waals surface area contributed by atoms with Crippen molar-refractivity contribution in [1.82, 2.24) is 0 Å². The fourth-order valence-corrected chi connectivity index (χ4v) is 2.73. The molecule has 0 aliphatic heterocycles.